The van der Waals surface area contributed by atoms with Crippen molar-refractivity contribution in [2.24, 2.45) is 5.73 Å². The van der Waals surface area contributed by atoms with Crippen LogP contribution in [0.4, 0.5) is 0 Å². The summed E-state index contributed by atoms with van der Waals surface area (Å²) < 4.78 is 26.0. The van der Waals surface area contributed by atoms with Crippen LogP contribution in [0.15, 0.2) is 11.2 Å². The van der Waals surface area contributed by atoms with Gasteiger partial charge < -0.3 is 10.7 Å². The van der Waals surface area contributed by atoms with Gasteiger partial charge in [-0.05, 0) is 19.8 Å². The Morgan fingerprint density at radius 1 is 1.60 bits per heavy atom. The lowest BCUT2D eigenvalue weighted by molar-refractivity contribution is 0.327. The van der Waals surface area contributed by atoms with Crippen molar-refractivity contribution in [3.63, 3.8) is 0 Å². The molecule has 6 nitrogen and oxygen atoms in total. The minimum Gasteiger partial charge on any atom is -0.332 e. The zero-order chi connectivity index (χ0) is 11.1. The average Bonchev–Trinajstić information content (AvgIpc) is 2.49. The number of H-pyrrole nitrogens is 1. The van der Waals surface area contributed by atoms with E-state index in [-0.39, 0.29) is 17.1 Å². The van der Waals surface area contributed by atoms with Gasteiger partial charge in [0.2, 0.25) is 0 Å². The molecule has 1 aliphatic carbocycles. The number of nitrogens with one attached hydrogen (secondary N) is 2. The molecule has 7 heteroatoms. The van der Waals surface area contributed by atoms with Gasteiger partial charge in [0.25, 0.3) is 10.0 Å². The molecule has 2 rings (SSSR count). The quantitative estimate of drug-likeness (QED) is 0.650. The van der Waals surface area contributed by atoms with E-state index >= 15 is 0 Å². The number of aromatic amines is 1. The summed E-state index contributed by atoms with van der Waals surface area (Å²) in [6, 6.07) is 0.0924. The lowest BCUT2D eigenvalue weighted by Crippen LogP contribution is -2.50. The molecule has 84 valence electrons. The molecule has 0 saturated heterocycles. The van der Waals surface area contributed by atoms with E-state index in [0.29, 0.717) is 18.7 Å². The highest BCUT2D eigenvalue weighted by molar-refractivity contribution is 7.89. The number of hydrogen-bond donors (Lipinski definition) is 3. The fraction of sp³-hybridized carbons (Fsp3) is 0.625. The SMILES string of the molecule is Cc1ncc(S(=O)(=O)NC2CC(N)C2)[nH]1. The van der Waals surface area contributed by atoms with Crippen molar-refractivity contribution < 1.29 is 8.42 Å². The zero-order valence-corrected chi connectivity index (χ0v) is 9.21. The van der Waals surface area contributed by atoms with Crippen LogP contribution in [0.3, 0.4) is 0 Å². The third-order valence-electron chi connectivity index (χ3n) is 2.47. The van der Waals surface area contributed by atoms with Crippen LogP contribution in [0.2, 0.25) is 0 Å². The van der Waals surface area contributed by atoms with Gasteiger partial charge in [-0.2, -0.15) is 0 Å². The predicted octanol–water partition coefficient (Wildman–Crippen LogP) is -0.514. The molecule has 4 N–H and O–H groups in total. The van der Waals surface area contributed by atoms with Gasteiger partial charge in [0.1, 0.15) is 5.82 Å². The van der Waals surface area contributed by atoms with Crippen LogP contribution in [0.25, 0.3) is 0 Å². The second kappa shape index (κ2) is 3.58. The van der Waals surface area contributed by atoms with Gasteiger partial charge in [-0.1, -0.05) is 0 Å². The predicted molar refractivity (Wildman–Crippen MR) is 54.6 cm³/mol. The minimum atomic E-state index is -3.45. The van der Waals surface area contributed by atoms with Crippen molar-refractivity contribution in [1.82, 2.24) is 14.7 Å². The third kappa shape index (κ3) is 2.19. The van der Waals surface area contributed by atoms with Crippen LogP contribution in [0, 0.1) is 6.92 Å². The molecule has 1 aromatic heterocycles. The lowest BCUT2D eigenvalue weighted by Gasteiger charge is -2.32. The Morgan fingerprint density at radius 2 is 2.27 bits per heavy atom. The van der Waals surface area contributed by atoms with Gasteiger partial charge in [0.15, 0.2) is 5.03 Å². The molecule has 0 spiro atoms. The molecular weight excluding hydrogens is 216 g/mol. The Bertz CT molecular complexity index is 447. The maximum absolute atomic E-state index is 11.7. The summed E-state index contributed by atoms with van der Waals surface area (Å²) >= 11 is 0. The Labute approximate surface area is 88.3 Å². The molecular formula is C8H14N4O2S. The molecule has 1 heterocycles. The van der Waals surface area contributed by atoms with Gasteiger partial charge >= 0.3 is 0 Å². The molecule has 1 fully saturated rings. The number of rotatable bonds is 3. The van der Waals surface area contributed by atoms with Crippen LogP contribution in [-0.2, 0) is 10.0 Å². The number of nitrogens with two attached hydrogens (primary N) is 1. The summed E-state index contributed by atoms with van der Waals surface area (Å²) in [5, 5.41) is 0.112. The summed E-state index contributed by atoms with van der Waals surface area (Å²) in [5.74, 6) is 0.584. The Morgan fingerprint density at radius 3 is 2.73 bits per heavy atom. The summed E-state index contributed by atoms with van der Waals surface area (Å²) in [4.78, 5) is 6.54. The van der Waals surface area contributed by atoms with Crippen molar-refractivity contribution in [1.29, 1.82) is 0 Å². The monoisotopic (exact) mass is 230 g/mol. The first-order valence-electron chi connectivity index (χ1n) is 4.77. The van der Waals surface area contributed by atoms with E-state index in [1.807, 2.05) is 0 Å². The topological polar surface area (TPSA) is 101 Å². The highest BCUT2D eigenvalue weighted by Crippen LogP contribution is 2.19. The highest BCUT2D eigenvalue weighted by atomic mass is 32.2. The second-order valence-electron chi connectivity index (χ2n) is 3.88. The first kappa shape index (κ1) is 10.6. The van der Waals surface area contributed by atoms with Crippen LogP contribution in [-0.4, -0.2) is 30.5 Å². The molecule has 0 bridgehead atoms. The molecule has 0 aromatic carbocycles. The minimum absolute atomic E-state index is 0.0337. The van der Waals surface area contributed by atoms with E-state index in [1.165, 1.54) is 6.20 Å². The van der Waals surface area contributed by atoms with E-state index in [1.54, 1.807) is 6.92 Å². The van der Waals surface area contributed by atoms with Gasteiger partial charge in [0.05, 0.1) is 6.20 Å². The zero-order valence-electron chi connectivity index (χ0n) is 8.40. The maximum atomic E-state index is 11.7. The Kier molecular flexibility index (Phi) is 2.53. The molecule has 0 atom stereocenters. The van der Waals surface area contributed by atoms with Gasteiger partial charge in [-0.25, -0.2) is 18.1 Å². The lowest BCUT2D eigenvalue weighted by atomic mass is 9.89. The van der Waals surface area contributed by atoms with Gasteiger partial charge in [-0.15, -0.1) is 0 Å². The smallest absolute Gasteiger partial charge is 0.257 e. The van der Waals surface area contributed by atoms with Crippen LogP contribution >= 0.6 is 0 Å². The molecule has 0 aliphatic heterocycles. The summed E-state index contributed by atoms with van der Waals surface area (Å²) in [7, 11) is -3.45. The van der Waals surface area contributed by atoms with E-state index in [0.717, 1.165) is 0 Å². The number of nitrogens with zero attached hydrogens (tertiary/aromatic N) is 1. The van der Waals surface area contributed by atoms with Crippen LogP contribution in [0.1, 0.15) is 18.7 Å². The average molecular weight is 230 g/mol. The van der Waals surface area contributed by atoms with Crippen molar-refractivity contribution in [3.05, 3.63) is 12.0 Å². The van der Waals surface area contributed by atoms with Crippen molar-refractivity contribution >= 4 is 10.0 Å². The fourth-order valence-electron chi connectivity index (χ4n) is 1.58. The molecule has 0 unspecified atom stereocenters. The number of imidazole rings is 1. The molecule has 0 radical (unpaired) electrons. The van der Waals surface area contributed by atoms with Gasteiger partial charge in [0, 0.05) is 12.1 Å². The normalized spacial score (nSPS) is 26.3. The third-order valence-corrected chi connectivity index (χ3v) is 3.90. The first-order chi connectivity index (χ1) is 6.97. The van der Waals surface area contributed by atoms with Crippen molar-refractivity contribution in [2.45, 2.75) is 36.9 Å². The van der Waals surface area contributed by atoms with Gasteiger partial charge in [-0.3, -0.25) is 0 Å². The number of hydrogen-bond acceptors (Lipinski definition) is 4. The number of aryl methyl sites for hydroxylation is 1. The first-order valence-corrected chi connectivity index (χ1v) is 6.25. The molecule has 15 heavy (non-hydrogen) atoms. The van der Waals surface area contributed by atoms with Crippen LogP contribution < -0.4 is 10.5 Å². The number of aromatic nitrogens is 2. The molecule has 1 saturated carbocycles. The van der Waals surface area contributed by atoms with Crippen LogP contribution in [0.5, 0.6) is 0 Å². The van der Waals surface area contributed by atoms with E-state index in [4.69, 9.17) is 5.73 Å². The second-order valence-corrected chi connectivity index (χ2v) is 5.56. The number of sulfonamides is 1. The van der Waals surface area contributed by atoms with Crippen molar-refractivity contribution in [2.75, 3.05) is 0 Å². The Hall–Kier alpha value is -0.920. The Balaban J connectivity index is 2.07. The fourth-order valence-corrected chi connectivity index (χ4v) is 2.81. The standard InChI is InChI=1S/C8H14N4O2S/c1-5-10-4-8(11-5)15(13,14)12-7-2-6(9)3-7/h4,6-7,12H,2-3,9H2,1H3,(H,10,11). The largest absolute Gasteiger partial charge is 0.332 e. The maximum Gasteiger partial charge on any atom is 0.257 e. The highest BCUT2D eigenvalue weighted by Gasteiger charge is 2.30. The molecule has 1 aromatic rings. The molecule has 0 amide bonds. The summed E-state index contributed by atoms with van der Waals surface area (Å²) in [6.07, 6.45) is 2.72. The van der Waals surface area contributed by atoms with Crippen molar-refractivity contribution in [3.8, 4) is 0 Å². The summed E-state index contributed by atoms with van der Waals surface area (Å²) in [6.45, 7) is 1.71. The van der Waals surface area contributed by atoms with E-state index in [9.17, 15) is 8.42 Å². The van der Waals surface area contributed by atoms with E-state index in [2.05, 4.69) is 14.7 Å². The summed E-state index contributed by atoms with van der Waals surface area (Å²) in [5.41, 5.74) is 5.58. The molecule has 1 aliphatic rings. The van der Waals surface area contributed by atoms with E-state index < -0.39 is 10.0 Å².